The summed E-state index contributed by atoms with van der Waals surface area (Å²) in [4.78, 5) is 23.3. The molecule has 1 unspecified atom stereocenters. The Hall–Kier alpha value is -2.73. The number of piperidine rings is 1. The molecule has 0 aromatic carbocycles. The molecule has 5 rings (SSSR count). The van der Waals surface area contributed by atoms with Crippen LogP contribution in [0.2, 0.25) is 0 Å². The topological polar surface area (TPSA) is 71.2 Å². The van der Waals surface area contributed by atoms with Gasteiger partial charge < -0.3 is 14.6 Å². The fourth-order valence-electron chi connectivity index (χ4n) is 4.89. The Balaban J connectivity index is 1.38. The Bertz CT molecular complexity index is 970. The smallest absolute Gasteiger partial charge is 0.272 e. The average molecular weight is 362 g/mol. The quantitative estimate of drug-likeness (QED) is 0.777. The van der Waals surface area contributed by atoms with Crippen molar-refractivity contribution in [1.82, 2.24) is 19.4 Å². The first-order valence-electron chi connectivity index (χ1n) is 9.48. The van der Waals surface area contributed by atoms with E-state index in [4.69, 9.17) is 0 Å². The molecule has 3 aromatic heterocycles. The van der Waals surface area contributed by atoms with E-state index in [1.54, 1.807) is 18.5 Å². The van der Waals surface area contributed by atoms with E-state index in [1.165, 1.54) is 0 Å². The van der Waals surface area contributed by atoms with Gasteiger partial charge in [0.05, 0.1) is 23.9 Å². The monoisotopic (exact) mass is 362 g/mol. The normalized spacial score (nSPS) is 27.2. The molecule has 0 aliphatic carbocycles. The summed E-state index contributed by atoms with van der Waals surface area (Å²) < 4.78 is 2.08. The second-order valence-corrected chi connectivity index (χ2v) is 7.82. The zero-order chi connectivity index (χ0) is 18.4. The third kappa shape index (κ3) is 2.80. The maximum atomic E-state index is 12.9. The van der Waals surface area contributed by atoms with Gasteiger partial charge in [-0.1, -0.05) is 6.07 Å². The van der Waals surface area contributed by atoms with Crippen molar-refractivity contribution in [2.75, 3.05) is 0 Å². The number of rotatable bonds is 3. The van der Waals surface area contributed by atoms with E-state index in [2.05, 4.69) is 20.6 Å². The van der Waals surface area contributed by atoms with Crippen LogP contribution >= 0.6 is 0 Å². The molecule has 6 nitrogen and oxygen atoms in total. The first-order valence-corrected chi connectivity index (χ1v) is 9.48. The maximum Gasteiger partial charge on any atom is 0.272 e. The van der Waals surface area contributed by atoms with Crippen molar-refractivity contribution in [2.45, 2.75) is 49.9 Å². The molecule has 1 amide bonds. The van der Waals surface area contributed by atoms with E-state index in [0.717, 1.165) is 23.7 Å². The summed E-state index contributed by atoms with van der Waals surface area (Å²) in [6.07, 6.45) is 10.4. The molecule has 2 bridgehead atoms. The van der Waals surface area contributed by atoms with Crippen LogP contribution < -0.4 is 0 Å². The van der Waals surface area contributed by atoms with E-state index < -0.39 is 5.60 Å². The van der Waals surface area contributed by atoms with Gasteiger partial charge in [0, 0.05) is 36.1 Å². The van der Waals surface area contributed by atoms with Crippen molar-refractivity contribution in [3.8, 4) is 0 Å². The van der Waals surface area contributed by atoms with Crippen LogP contribution in [0.1, 0.15) is 36.2 Å². The molecule has 6 heteroatoms. The molecule has 0 radical (unpaired) electrons. The van der Waals surface area contributed by atoms with Gasteiger partial charge in [0.1, 0.15) is 5.69 Å². The number of pyridine rings is 2. The number of carbonyl (C=O) groups is 1. The summed E-state index contributed by atoms with van der Waals surface area (Å²) in [5.41, 5.74) is 0.710. The largest absolute Gasteiger partial charge is 0.388 e. The molecular formula is C21H22N4O2. The maximum absolute atomic E-state index is 12.9. The zero-order valence-corrected chi connectivity index (χ0v) is 15.0. The van der Waals surface area contributed by atoms with Crippen molar-refractivity contribution in [1.29, 1.82) is 0 Å². The number of hydrogen-bond donors (Lipinski definition) is 1. The van der Waals surface area contributed by atoms with Crippen molar-refractivity contribution in [3.63, 3.8) is 0 Å². The molecule has 3 atom stereocenters. The standard InChI is InChI=1S/C21H22N4O2/c26-20(18-3-1-2-8-23-18)25-16-4-5-17(25)12-21(27,11-16)14-24-10-7-15-6-9-22-13-19(15)24/h1-3,6-10,13,16-17,27H,4-5,11-12,14H2/t16-,17+,21?. The Kier molecular flexibility index (Phi) is 3.75. The fraction of sp³-hybridized carbons (Fsp3) is 0.381. The van der Waals surface area contributed by atoms with Crippen molar-refractivity contribution < 1.29 is 9.90 Å². The highest BCUT2D eigenvalue weighted by atomic mass is 16.3. The number of nitrogens with zero attached hydrogens (tertiary/aromatic N) is 4. The molecule has 1 N–H and O–H groups in total. The first-order chi connectivity index (χ1) is 13.1. The zero-order valence-electron chi connectivity index (χ0n) is 15.0. The predicted molar refractivity (Wildman–Crippen MR) is 101 cm³/mol. The van der Waals surface area contributed by atoms with Crippen LogP contribution in [0.25, 0.3) is 10.9 Å². The van der Waals surface area contributed by atoms with Gasteiger partial charge in [0.15, 0.2) is 0 Å². The third-order valence-corrected chi connectivity index (χ3v) is 6.01. The first kappa shape index (κ1) is 16.4. The van der Waals surface area contributed by atoms with Gasteiger partial charge in [-0.25, -0.2) is 0 Å². The van der Waals surface area contributed by atoms with Gasteiger partial charge in [0.2, 0.25) is 0 Å². The summed E-state index contributed by atoms with van der Waals surface area (Å²) >= 11 is 0. The van der Waals surface area contributed by atoms with Crippen LogP contribution in [0.5, 0.6) is 0 Å². The van der Waals surface area contributed by atoms with Crippen LogP contribution in [0.4, 0.5) is 0 Å². The Morgan fingerprint density at radius 2 is 1.96 bits per heavy atom. The predicted octanol–water partition coefficient (Wildman–Crippen LogP) is 2.63. The van der Waals surface area contributed by atoms with E-state index in [0.29, 0.717) is 25.1 Å². The lowest BCUT2D eigenvalue weighted by atomic mass is 9.85. The molecule has 5 heterocycles. The summed E-state index contributed by atoms with van der Waals surface area (Å²) in [5, 5.41) is 12.5. The number of carbonyl (C=O) groups excluding carboxylic acids is 1. The number of aromatic nitrogens is 3. The Morgan fingerprint density at radius 1 is 1.15 bits per heavy atom. The fourth-order valence-corrected chi connectivity index (χ4v) is 4.89. The number of aliphatic hydroxyl groups is 1. The summed E-state index contributed by atoms with van der Waals surface area (Å²) in [5.74, 6) is -0.0132. The van der Waals surface area contributed by atoms with E-state index in [9.17, 15) is 9.90 Å². The minimum Gasteiger partial charge on any atom is -0.388 e. The van der Waals surface area contributed by atoms with Crippen LogP contribution in [0, 0.1) is 0 Å². The van der Waals surface area contributed by atoms with Crippen LogP contribution in [0.15, 0.2) is 55.1 Å². The molecule has 2 aliphatic rings. The molecular weight excluding hydrogens is 340 g/mol. The van der Waals surface area contributed by atoms with Gasteiger partial charge in [-0.2, -0.15) is 0 Å². The molecule has 2 aliphatic heterocycles. The molecule has 27 heavy (non-hydrogen) atoms. The van der Waals surface area contributed by atoms with Gasteiger partial charge in [-0.05, 0) is 49.9 Å². The van der Waals surface area contributed by atoms with E-state index in [-0.39, 0.29) is 18.0 Å². The lowest BCUT2D eigenvalue weighted by Gasteiger charge is -2.44. The molecule has 0 saturated carbocycles. The van der Waals surface area contributed by atoms with Gasteiger partial charge >= 0.3 is 0 Å². The highest BCUT2D eigenvalue weighted by molar-refractivity contribution is 5.93. The average Bonchev–Trinajstić information content (AvgIpc) is 3.21. The Labute approximate surface area is 157 Å². The van der Waals surface area contributed by atoms with Crippen LogP contribution in [-0.4, -0.2) is 48.1 Å². The molecule has 138 valence electrons. The lowest BCUT2D eigenvalue weighted by Crippen LogP contribution is -2.54. The van der Waals surface area contributed by atoms with E-state index in [1.807, 2.05) is 35.5 Å². The summed E-state index contributed by atoms with van der Waals surface area (Å²) in [7, 11) is 0. The van der Waals surface area contributed by atoms with E-state index >= 15 is 0 Å². The number of amides is 1. The molecule has 0 spiro atoms. The SMILES string of the molecule is O=C(c1ccccn1)N1[C@@H]2CC[C@H]1CC(O)(Cn1ccc3ccncc31)C2. The number of fused-ring (bicyclic) bond motifs is 3. The highest BCUT2D eigenvalue weighted by Crippen LogP contribution is 2.42. The molecule has 2 fully saturated rings. The summed E-state index contributed by atoms with van der Waals surface area (Å²) in [6, 6.07) is 9.60. The van der Waals surface area contributed by atoms with Gasteiger partial charge in [0.25, 0.3) is 5.91 Å². The van der Waals surface area contributed by atoms with Crippen LogP contribution in [0.3, 0.4) is 0 Å². The minimum atomic E-state index is -0.811. The van der Waals surface area contributed by atoms with Gasteiger partial charge in [-0.3, -0.25) is 14.8 Å². The second-order valence-electron chi connectivity index (χ2n) is 7.82. The minimum absolute atomic E-state index is 0.0132. The second kappa shape index (κ2) is 6.16. The lowest BCUT2D eigenvalue weighted by molar-refractivity contribution is -0.0534. The highest BCUT2D eigenvalue weighted by Gasteiger charge is 2.49. The van der Waals surface area contributed by atoms with Crippen molar-refractivity contribution in [2.24, 2.45) is 0 Å². The van der Waals surface area contributed by atoms with Gasteiger partial charge in [-0.15, -0.1) is 0 Å². The molecule has 2 saturated heterocycles. The number of hydrogen-bond acceptors (Lipinski definition) is 4. The van der Waals surface area contributed by atoms with Crippen molar-refractivity contribution >= 4 is 16.8 Å². The summed E-state index contributed by atoms with van der Waals surface area (Å²) in [6.45, 7) is 0.529. The van der Waals surface area contributed by atoms with Crippen LogP contribution in [-0.2, 0) is 6.54 Å². The third-order valence-electron chi connectivity index (χ3n) is 6.01. The Morgan fingerprint density at radius 3 is 2.70 bits per heavy atom. The van der Waals surface area contributed by atoms with Crippen molar-refractivity contribution in [3.05, 3.63) is 60.8 Å². The molecule has 3 aromatic rings.